The van der Waals surface area contributed by atoms with Crippen LogP contribution >= 0.6 is 0 Å². The number of rotatable bonds is 53. The summed E-state index contributed by atoms with van der Waals surface area (Å²) in [4.78, 5) is 38.0. The Morgan fingerprint density at radius 1 is 0.294 bits per heavy atom. The van der Waals surface area contributed by atoms with Crippen molar-refractivity contribution in [3.05, 3.63) is 60.8 Å². The molecule has 0 fully saturated rings. The van der Waals surface area contributed by atoms with Crippen LogP contribution in [0.3, 0.4) is 0 Å². The molecule has 1 unspecified atom stereocenters. The first kappa shape index (κ1) is 65.1. The first-order chi connectivity index (χ1) is 33.5. The van der Waals surface area contributed by atoms with Crippen LogP contribution in [0, 0.1) is 0 Å². The van der Waals surface area contributed by atoms with E-state index >= 15 is 0 Å². The normalized spacial score (nSPS) is 12.5. The largest absolute Gasteiger partial charge is 0.462 e. The Morgan fingerprint density at radius 2 is 0.544 bits per heavy atom. The smallest absolute Gasteiger partial charge is 0.306 e. The Balaban J connectivity index is 4.18. The third-order valence-electron chi connectivity index (χ3n) is 12.7. The molecule has 0 aliphatic carbocycles. The zero-order valence-corrected chi connectivity index (χ0v) is 45.1. The summed E-state index contributed by atoms with van der Waals surface area (Å²) < 4.78 is 16.8. The molecule has 1 atom stereocenters. The van der Waals surface area contributed by atoms with Crippen LogP contribution in [0.5, 0.6) is 0 Å². The molecular weight excluding hydrogens is 841 g/mol. The van der Waals surface area contributed by atoms with E-state index in [1.165, 1.54) is 167 Å². The van der Waals surface area contributed by atoms with E-state index in [0.29, 0.717) is 19.3 Å². The van der Waals surface area contributed by atoms with E-state index in [4.69, 9.17) is 14.2 Å². The molecule has 0 aliphatic rings. The van der Waals surface area contributed by atoms with E-state index in [2.05, 4.69) is 81.5 Å². The molecule has 394 valence electrons. The van der Waals surface area contributed by atoms with Gasteiger partial charge in [-0.05, 0) is 103 Å². The Bertz CT molecular complexity index is 1230. The van der Waals surface area contributed by atoms with E-state index < -0.39 is 6.10 Å². The quantitative estimate of drug-likeness (QED) is 0.0262. The number of unbranched alkanes of at least 4 members (excludes halogenated alkanes) is 32. The second-order valence-electron chi connectivity index (χ2n) is 19.5. The lowest BCUT2D eigenvalue weighted by Crippen LogP contribution is -2.30. The van der Waals surface area contributed by atoms with Gasteiger partial charge in [0.05, 0.1) is 0 Å². The molecule has 0 saturated heterocycles. The van der Waals surface area contributed by atoms with Gasteiger partial charge in [0.15, 0.2) is 6.10 Å². The summed E-state index contributed by atoms with van der Waals surface area (Å²) in [6, 6.07) is 0. The Labute approximate surface area is 421 Å². The fraction of sp³-hybridized carbons (Fsp3) is 0.790. The zero-order valence-electron chi connectivity index (χ0n) is 45.1. The minimum atomic E-state index is -0.781. The average molecular weight is 952 g/mol. The maximum atomic E-state index is 12.8. The molecule has 0 amide bonds. The van der Waals surface area contributed by atoms with Gasteiger partial charge in [0.25, 0.3) is 0 Å². The number of carbonyl (C=O) groups excluding carboxylic acids is 3. The van der Waals surface area contributed by atoms with E-state index in [9.17, 15) is 14.4 Å². The van der Waals surface area contributed by atoms with Crippen LogP contribution in [0.25, 0.3) is 0 Å². The molecule has 0 aromatic rings. The number of esters is 3. The summed E-state index contributed by atoms with van der Waals surface area (Å²) in [5.41, 5.74) is 0. The third kappa shape index (κ3) is 54.1. The molecule has 68 heavy (non-hydrogen) atoms. The Morgan fingerprint density at radius 3 is 0.912 bits per heavy atom. The molecular formula is C62H110O6. The maximum absolute atomic E-state index is 12.8. The lowest BCUT2D eigenvalue weighted by atomic mass is 10.0. The highest BCUT2D eigenvalue weighted by atomic mass is 16.6. The lowest BCUT2D eigenvalue weighted by Gasteiger charge is -2.18. The first-order valence-corrected chi connectivity index (χ1v) is 29.3. The van der Waals surface area contributed by atoms with Crippen LogP contribution in [0.1, 0.15) is 297 Å². The van der Waals surface area contributed by atoms with Crippen LogP contribution < -0.4 is 0 Å². The van der Waals surface area contributed by atoms with Crippen LogP contribution in [0.4, 0.5) is 0 Å². The van der Waals surface area contributed by atoms with Crippen molar-refractivity contribution in [1.82, 2.24) is 0 Å². The van der Waals surface area contributed by atoms with Crippen molar-refractivity contribution in [2.45, 2.75) is 303 Å². The van der Waals surface area contributed by atoms with Crippen LogP contribution in [0.2, 0.25) is 0 Å². The predicted octanol–water partition coefficient (Wildman–Crippen LogP) is 19.6. The number of hydrogen-bond acceptors (Lipinski definition) is 6. The maximum Gasteiger partial charge on any atom is 0.306 e. The Kier molecular flexibility index (Phi) is 54.3. The number of carbonyl (C=O) groups is 3. The summed E-state index contributed by atoms with van der Waals surface area (Å²) in [5.74, 6) is -0.893. The minimum absolute atomic E-state index is 0.0800. The summed E-state index contributed by atoms with van der Waals surface area (Å²) in [7, 11) is 0. The van der Waals surface area contributed by atoms with Gasteiger partial charge in [0, 0.05) is 19.3 Å². The highest BCUT2D eigenvalue weighted by Crippen LogP contribution is 2.15. The molecule has 0 aliphatic heterocycles. The molecule has 0 rings (SSSR count). The van der Waals surface area contributed by atoms with E-state index in [-0.39, 0.29) is 31.1 Å². The van der Waals surface area contributed by atoms with Gasteiger partial charge < -0.3 is 14.2 Å². The summed E-state index contributed by atoms with van der Waals surface area (Å²) >= 11 is 0. The van der Waals surface area contributed by atoms with Gasteiger partial charge in [-0.1, -0.05) is 236 Å². The van der Waals surface area contributed by atoms with Crippen molar-refractivity contribution in [1.29, 1.82) is 0 Å². The monoisotopic (exact) mass is 951 g/mol. The van der Waals surface area contributed by atoms with Gasteiger partial charge in [-0.15, -0.1) is 0 Å². The molecule has 0 aromatic heterocycles. The van der Waals surface area contributed by atoms with Crippen LogP contribution in [-0.2, 0) is 28.6 Å². The fourth-order valence-corrected chi connectivity index (χ4v) is 8.25. The highest BCUT2D eigenvalue weighted by Gasteiger charge is 2.19. The van der Waals surface area contributed by atoms with Crippen molar-refractivity contribution < 1.29 is 28.6 Å². The van der Waals surface area contributed by atoms with Crippen molar-refractivity contribution in [2.24, 2.45) is 0 Å². The van der Waals surface area contributed by atoms with Crippen LogP contribution in [0.15, 0.2) is 60.8 Å². The van der Waals surface area contributed by atoms with E-state index in [0.717, 1.165) is 89.9 Å². The van der Waals surface area contributed by atoms with E-state index in [1.807, 2.05) is 0 Å². The SMILES string of the molecule is CCCC/C=C\CCCCCCCC(=O)OCC(COC(=O)CCCCCCCCCCCCCC/C=C\C/C=C\C/C=C\CCCCCCC)OC(=O)CCCCCCC/C=C\CCCCC. The molecule has 0 spiro atoms. The standard InChI is InChI=1S/C62H110O6/c1-4-7-10-13-16-19-22-24-25-26-27-28-29-30-31-32-33-34-35-36-37-38-41-43-46-49-52-55-61(64)67-58-59(57-66-60(63)54-51-48-45-42-39-21-18-15-12-9-6-3)68-62(65)56-53-50-47-44-40-23-20-17-14-11-8-5-2/h15,17-18,20,22,24,26-27,29-30,59H,4-14,16,19,21,23,25,28,31-58H2,1-3H3/b18-15-,20-17-,24-22-,27-26-,30-29-. The van der Waals surface area contributed by atoms with Crippen molar-refractivity contribution in [2.75, 3.05) is 13.2 Å². The zero-order chi connectivity index (χ0) is 49.3. The summed E-state index contributed by atoms with van der Waals surface area (Å²) in [5, 5.41) is 0. The van der Waals surface area contributed by atoms with Gasteiger partial charge in [-0.3, -0.25) is 14.4 Å². The lowest BCUT2D eigenvalue weighted by molar-refractivity contribution is -0.167. The topological polar surface area (TPSA) is 78.9 Å². The van der Waals surface area contributed by atoms with Gasteiger partial charge >= 0.3 is 17.9 Å². The third-order valence-corrected chi connectivity index (χ3v) is 12.7. The van der Waals surface area contributed by atoms with Gasteiger partial charge in [-0.2, -0.15) is 0 Å². The summed E-state index contributed by atoms with van der Waals surface area (Å²) in [6.45, 7) is 6.57. The van der Waals surface area contributed by atoms with Gasteiger partial charge in [0.1, 0.15) is 13.2 Å². The molecule has 0 aromatic carbocycles. The molecule has 0 saturated carbocycles. The molecule has 0 radical (unpaired) electrons. The molecule has 0 bridgehead atoms. The van der Waals surface area contributed by atoms with Gasteiger partial charge in [-0.25, -0.2) is 0 Å². The summed E-state index contributed by atoms with van der Waals surface area (Å²) in [6.07, 6.45) is 70.8. The second kappa shape index (κ2) is 56.7. The number of ether oxygens (including phenoxy) is 3. The van der Waals surface area contributed by atoms with Crippen LogP contribution in [-0.4, -0.2) is 37.2 Å². The number of hydrogen-bond donors (Lipinski definition) is 0. The van der Waals surface area contributed by atoms with E-state index in [1.54, 1.807) is 0 Å². The van der Waals surface area contributed by atoms with Gasteiger partial charge in [0.2, 0.25) is 0 Å². The number of allylic oxidation sites excluding steroid dienone is 10. The highest BCUT2D eigenvalue weighted by molar-refractivity contribution is 5.71. The Hall–Kier alpha value is -2.89. The van der Waals surface area contributed by atoms with Crippen molar-refractivity contribution >= 4 is 17.9 Å². The molecule has 6 heteroatoms. The van der Waals surface area contributed by atoms with Crippen molar-refractivity contribution in [3.63, 3.8) is 0 Å². The first-order valence-electron chi connectivity index (χ1n) is 29.3. The molecule has 0 N–H and O–H groups in total. The van der Waals surface area contributed by atoms with Crippen molar-refractivity contribution in [3.8, 4) is 0 Å². The minimum Gasteiger partial charge on any atom is -0.462 e. The second-order valence-corrected chi connectivity index (χ2v) is 19.5. The molecule has 6 nitrogen and oxygen atoms in total. The average Bonchev–Trinajstić information content (AvgIpc) is 3.34. The predicted molar refractivity (Wildman–Crippen MR) is 293 cm³/mol. The fourth-order valence-electron chi connectivity index (χ4n) is 8.25. The molecule has 0 heterocycles.